The van der Waals surface area contributed by atoms with Crippen molar-refractivity contribution in [1.29, 1.82) is 0 Å². The van der Waals surface area contributed by atoms with Crippen molar-refractivity contribution < 1.29 is 0 Å². The highest BCUT2D eigenvalue weighted by atomic mass is 14.9. The van der Waals surface area contributed by atoms with E-state index in [1.165, 1.54) is 17.5 Å². The van der Waals surface area contributed by atoms with Crippen LogP contribution in [0.4, 0.5) is 0 Å². The van der Waals surface area contributed by atoms with E-state index in [0.29, 0.717) is 6.04 Å². The van der Waals surface area contributed by atoms with Gasteiger partial charge in [0.25, 0.3) is 0 Å². The smallest absolute Gasteiger partial charge is 0.0300 e. The second kappa shape index (κ2) is 8.43. The molecule has 3 heteroatoms. The first-order chi connectivity index (χ1) is 9.88. The van der Waals surface area contributed by atoms with E-state index >= 15 is 0 Å². The minimum absolute atomic E-state index is 0.507. The second-order valence-electron chi connectivity index (χ2n) is 5.11. The Kier molecular flexibility index (Phi) is 6.18. The fourth-order valence-electron chi connectivity index (χ4n) is 2.32. The molecule has 0 saturated carbocycles. The fourth-order valence-corrected chi connectivity index (χ4v) is 2.32. The third-order valence-corrected chi connectivity index (χ3v) is 3.42. The highest BCUT2D eigenvalue weighted by Gasteiger charge is 2.09. The summed E-state index contributed by atoms with van der Waals surface area (Å²) < 4.78 is 0. The maximum absolute atomic E-state index is 4.20. The molecule has 0 aliphatic heterocycles. The maximum Gasteiger partial charge on any atom is 0.0300 e. The summed E-state index contributed by atoms with van der Waals surface area (Å²) in [5, 5.41) is 3.64. The Balaban J connectivity index is 1.89. The average molecular weight is 269 g/mol. The molecule has 0 fully saturated rings. The van der Waals surface area contributed by atoms with Gasteiger partial charge in [0.2, 0.25) is 0 Å². The molecule has 0 bridgehead atoms. The van der Waals surface area contributed by atoms with E-state index in [0.717, 1.165) is 25.8 Å². The van der Waals surface area contributed by atoms with Crippen molar-refractivity contribution in [2.45, 2.75) is 38.6 Å². The molecule has 20 heavy (non-hydrogen) atoms. The summed E-state index contributed by atoms with van der Waals surface area (Å²) in [6.07, 6.45) is 12.0. The molecule has 0 radical (unpaired) electrons. The first-order valence-corrected chi connectivity index (χ1v) is 7.39. The molecule has 1 atom stereocenters. The van der Waals surface area contributed by atoms with Gasteiger partial charge in [-0.1, -0.05) is 13.0 Å². The molecule has 2 heterocycles. The van der Waals surface area contributed by atoms with Gasteiger partial charge in [0.1, 0.15) is 0 Å². The number of hydrogen-bond donors (Lipinski definition) is 1. The number of hydrogen-bond acceptors (Lipinski definition) is 3. The Morgan fingerprint density at radius 3 is 2.60 bits per heavy atom. The van der Waals surface area contributed by atoms with Gasteiger partial charge in [-0.15, -0.1) is 0 Å². The lowest BCUT2D eigenvalue weighted by molar-refractivity contribution is 0.477. The monoisotopic (exact) mass is 269 g/mol. The minimum Gasteiger partial charge on any atom is -0.314 e. The van der Waals surface area contributed by atoms with Crippen LogP contribution in [0.5, 0.6) is 0 Å². The summed E-state index contributed by atoms with van der Waals surface area (Å²) in [6, 6.07) is 8.86. The average Bonchev–Trinajstić information content (AvgIpc) is 2.52. The molecule has 1 unspecified atom stereocenters. The number of aromatic nitrogens is 2. The van der Waals surface area contributed by atoms with Crippen molar-refractivity contribution in [3.05, 3.63) is 60.2 Å². The predicted molar refractivity (Wildman–Crippen MR) is 82.6 cm³/mol. The topological polar surface area (TPSA) is 37.8 Å². The van der Waals surface area contributed by atoms with E-state index in [1.807, 2.05) is 30.9 Å². The Morgan fingerprint density at radius 2 is 1.90 bits per heavy atom. The van der Waals surface area contributed by atoms with Crippen molar-refractivity contribution in [1.82, 2.24) is 15.3 Å². The van der Waals surface area contributed by atoms with E-state index in [-0.39, 0.29) is 0 Å². The molecule has 2 aromatic rings. The Hall–Kier alpha value is -1.74. The van der Waals surface area contributed by atoms with Crippen LogP contribution in [0.3, 0.4) is 0 Å². The van der Waals surface area contributed by atoms with Crippen LogP contribution in [-0.4, -0.2) is 22.6 Å². The number of rotatable bonds is 8. The van der Waals surface area contributed by atoms with Crippen LogP contribution in [0.1, 0.15) is 30.9 Å². The number of aryl methyl sites for hydroxylation is 1. The zero-order valence-corrected chi connectivity index (χ0v) is 12.1. The van der Waals surface area contributed by atoms with Gasteiger partial charge in [0.05, 0.1) is 0 Å². The van der Waals surface area contributed by atoms with Gasteiger partial charge in [-0.3, -0.25) is 9.97 Å². The molecule has 0 aliphatic rings. The van der Waals surface area contributed by atoms with Crippen molar-refractivity contribution in [2.24, 2.45) is 0 Å². The van der Waals surface area contributed by atoms with Gasteiger partial charge in [0.15, 0.2) is 0 Å². The number of pyridine rings is 2. The summed E-state index contributed by atoms with van der Waals surface area (Å²) in [5.41, 5.74) is 2.66. The molecule has 1 N–H and O–H groups in total. The van der Waals surface area contributed by atoms with Crippen LogP contribution in [0.2, 0.25) is 0 Å². The second-order valence-corrected chi connectivity index (χ2v) is 5.11. The first kappa shape index (κ1) is 14.7. The maximum atomic E-state index is 4.20. The molecule has 0 amide bonds. The zero-order valence-electron chi connectivity index (χ0n) is 12.1. The van der Waals surface area contributed by atoms with Crippen molar-refractivity contribution in [2.75, 3.05) is 6.54 Å². The Morgan fingerprint density at radius 1 is 1.05 bits per heavy atom. The van der Waals surface area contributed by atoms with Gasteiger partial charge in [-0.25, -0.2) is 0 Å². The summed E-state index contributed by atoms with van der Waals surface area (Å²) >= 11 is 0. The fraction of sp³-hybridized carbons (Fsp3) is 0.412. The highest BCUT2D eigenvalue weighted by molar-refractivity contribution is 5.12. The summed E-state index contributed by atoms with van der Waals surface area (Å²) in [6.45, 7) is 3.28. The lowest BCUT2D eigenvalue weighted by atomic mass is 10.0. The summed E-state index contributed by atoms with van der Waals surface area (Å²) in [5.74, 6) is 0. The molecule has 2 aromatic heterocycles. The molecular weight excluding hydrogens is 246 g/mol. The van der Waals surface area contributed by atoms with E-state index in [4.69, 9.17) is 0 Å². The third-order valence-electron chi connectivity index (χ3n) is 3.42. The normalized spacial score (nSPS) is 12.2. The lowest BCUT2D eigenvalue weighted by Gasteiger charge is -2.18. The predicted octanol–water partition coefficient (Wildman–Crippen LogP) is 3.02. The summed E-state index contributed by atoms with van der Waals surface area (Å²) in [7, 11) is 0. The molecule has 106 valence electrons. The Labute approximate surface area is 121 Å². The Bertz CT molecular complexity index is 470. The summed E-state index contributed by atoms with van der Waals surface area (Å²) in [4.78, 5) is 8.27. The molecular formula is C17H23N3. The van der Waals surface area contributed by atoms with Crippen LogP contribution in [0.25, 0.3) is 0 Å². The van der Waals surface area contributed by atoms with Gasteiger partial charge in [0, 0.05) is 30.8 Å². The number of nitrogens with one attached hydrogen (secondary N) is 1. The molecule has 0 spiro atoms. The number of nitrogens with zero attached hydrogens (tertiary/aromatic N) is 2. The van der Waals surface area contributed by atoms with Crippen LogP contribution >= 0.6 is 0 Å². The largest absolute Gasteiger partial charge is 0.314 e. The van der Waals surface area contributed by atoms with Gasteiger partial charge in [-0.05, 0) is 61.6 Å². The zero-order chi connectivity index (χ0) is 14.0. The van der Waals surface area contributed by atoms with Crippen molar-refractivity contribution in [3.8, 4) is 0 Å². The quantitative estimate of drug-likeness (QED) is 0.800. The first-order valence-electron chi connectivity index (χ1n) is 7.39. The van der Waals surface area contributed by atoms with E-state index in [2.05, 4.69) is 40.4 Å². The van der Waals surface area contributed by atoms with Crippen LogP contribution in [0, 0.1) is 0 Å². The lowest BCUT2D eigenvalue weighted by Crippen LogP contribution is -2.32. The third kappa shape index (κ3) is 5.10. The molecule has 0 saturated heterocycles. The van der Waals surface area contributed by atoms with Crippen LogP contribution < -0.4 is 5.32 Å². The molecule has 0 aromatic carbocycles. The highest BCUT2D eigenvalue weighted by Crippen LogP contribution is 2.09. The van der Waals surface area contributed by atoms with Crippen molar-refractivity contribution in [3.63, 3.8) is 0 Å². The minimum atomic E-state index is 0.507. The molecule has 0 aliphatic carbocycles. The SMILES string of the molecule is CCCNC(CCc1ccncc1)Cc1cccnc1. The van der Waals surface area contributed by atoms with Crippen LogP contribution in [0.15, 0.2) is 49.1 Å². The van der Waals surface area contributed by atoms with E-state index in [9.17, 15) is 0 Å². The molecule has 3 nitrogen and oxygen atoms in total. The van der Waals surface area contributed by atoms with E-state index in [1.54, 1.807) is 0 Å². The standard InChI is InChI=1S/C17H23N3/c1-2-9-20-17(13-16-4-3-10-19-14-16)6-5-15-7-11-18-12-8-15/h3-4,7-8,10-12,14,17,20H,2,5-6,9,13H2,1H3. The van der Waals surface area contributed by atoms with Gasteiger partial charge in [-0.2, -0.15) is 0 Å². The van der Waals surface area contributed by atoms with Gasteiger partial charge < -0.3 is 5.32 Å². The van der Waals surface area contributed by atoms with Crippen LogP contribution in [-0.2, 0) is 12.8 Å². The van der Waals surface area contributed by atoms with Crippen molar-refractivity contribution >= 4 is 0 Å². The van der Waals surface area contributed by atoms with E-state index < -0.39 is 0 Å². The molecule has 2 rings (SSSR count). The van der Waals surface area contributed by atoms with Gasteiger partial charge >= 0.3 is 0 Å².